The van der Waals surface area contributed by atoms with Crippen LogP contribution in [-0.2, 0) is 0 Å². The summed E-state index contributed by atoms with van der Waals surface area (Å²) in [5.74, 6) is 10.6. The lowest BCUT2D eigenvalue weighted by Crippen LogP contribution is -2.43. The summed E-state index contributed by atoms with van der Waals surface area (Å²) in [4.78, 5) is 0. The van der Waals surface area contributed by atoms with Crippen molar-refractivity contribution in [1.82, 2.24) is 0 Å². The molecule has 0 unspecified atom stereocenters. The van der Waals surface area contributed by atoms with Crippen LogP contribution in [0.5, 0.6) is 0 Å². The molecular formula is C33H35NSi. The highest BCUT2D eigenvalue weighted by Crippen LogP contribution is 2.41. The van der Waals surface area contributed by atoms with E-state index >= 15 is 0 Å². The summed E-state index contributed by atoms with van der Waals surface area (Å²) >= 11 is 0. The van der Waals surface area contributed by atoms with E-state index in [0.29, 0.717) is 16.6 Å². The van der Waals surface area contributed by atoms with Crippen LogP contribution in [0.25, 0.3) is 21.5 Å². The zero-order chi connectivity index (χ0) is 25.2. The van der Waals surface area contributed by atoms with Crippen molar-refractivity contribution in [3.63, 3.8) is 0 Å². The van der Waals surface area contributed by atoms with E-state index in [0.717, 1.165) is 33.2 Å². The van der Waals surface area contributed by atoms with E-state index in [1.807, 2.05) is 24.3 Å². The SMILES string of the molecule is CC(C)[Si](C#Cc1c2ccccc2c(C#Cc2ccc(N)cc2)c2ccccc12)(C(C)C)C(C)C. The average Bonchev–Trinajstić information content (AvgIpc) is 2.83. The van der Waals surface area contributed by atoms with Gasteiger partial charge in [0.1, 0.15) is 8.07 Å². The Kier molecular flexibility index (Phi) is 7.07. The molecule has 35 heavy (non-hydrogen) atoms. The van der Waals surface area contributed by atoms with E-state index in [1.54, 1.807) is 0 Å². The lowest BCUT2D eigenvalue weighted by atomic mass is 9.92. The minimum absolute atomic E-state index is 0.595. The van der Waals surface area contributed by atoms with E-state index < -0.39 is 8.07 Å². The summed E-state index contributed by atoms with van der Waals surface area (Å²) in [5.41, 5.74) is 15.5. The van der Waals surface area contributed by atoms with Crippen LogP contribution in [0.3, 0.4) is 0 Å². The Bertz CT molecular complexity index is 1410. The van der Waals surface area contributed by atoms with Gasteiger partial charge in [0.2, 0.25) is 0 Å². The lowest BCUT2D eigenvalue weighted by molar-refractivity contribution is 0.838. The highest BCUT2D eigenvalue weighted by molar-refractivity contribution is 6.90. The first-order chi connectivity index (χ1) is 16.8. The van der Waals surface area contributed by atoms with Gasteiger partial charge in [0.25, 0.3) is 0 Å². The standard InChI is InChI=1S/C33H35NSi/c1-23(2)35(24(3)4,25(5)6)22-21-33-30-13-9-7-11-28(30)32(29-12-8-10-14-31(29)33)20-17-26-15-18-27(34)19-16-26/h7-16,18-19,23-25H,34H2,1-6H3. The fourth-order valence-electron chi connectivity index (χ4n) is 5.70. The van der Waals surface area contributed by atoms with E-state index in [-0.39, 0.29) is 0 Å². The van der Waals surface area contributed by atoms with Gasteiger partial charge in [-0.1, -0.05) is 108 Å². The maximum Gasteiger partial charge on any atom is 0.146 e. The maximum atomic E-state index is 5.86. The Labute approximate surface area is 211 Å². The molecular weight excluding hydrogens is 438 g/mol. The van der Waals surface area contributed by atoms with Crippen LogP contribution < -0.4 is 5.73 Å². The maximum absolute atomic E-state index is 5.86. The number of benzene rings is 4. The predicted octanol–water partition coefficient (Wildman–Crippen LogP) is 8.54. The van der Waals surface area contributed by atoms with Gasteiger partial charge in [-0.15, -0.1) is 5.54 Å². The van der Waals surface area contributed by atoms with Crippen molar-refractivity contribution in [1.29, 1.82) is 0 Å². The van der Waals surface area contributed by atoms with Crippen LogP contribution in [0.1, 0.15) is 58.2 Å². The summed E-state index contributed by atoms with van der Waals surface area (Å²) < 4.78 is 0. The monoisotopic (exact) mass is 473 g/mol. The summed E-state index contributed by atoms with van der Waals surface area (Å²) in [7, 11) is -1.86. The summed E-state index contributed by atoms with van der Waals surface area (Å²) in [6.45, 7) is 14.2. The molecule has 0 fully saturated rings. The van der Waals surface area contributed by atoms with Gasteiger partial charge in [-0.2, -0.15) is 0 Å². The largest absolute Gasteiger partial charge is 0.399 e. The smallest absolute Gasteiger partial charge is 0.146 e. The molecule has 0 saturated carbocycles. The Morgan fingerprint density at radius 2 is 0.943 bits per heavy atom. The number of anilines is 1. The summed E-state index contributed by atoms with van der Waals surface area (Å²) in [6.07, 6.45) is 0. The second kappa shape index (κ2) is 10.0. The van der Waals surface area contributed by atoms with Crippen LogP contribution in [0, 0.1) is 23.3 Å². The van der Waals surface area contributed by atoms with Crippen molar-refractivity contribution in [2.24, 2.45) is 0 Å². The number of fused-ring (bicyclic) bond motifs is 2. The van der Waals surface area contributed by atoms with Gasteiger partial charge < -0.3 is 5.73 Å². The minimum atomic E-state index is -1.86. The number of hydrogen-bond acceptors (Lipinski definition) is 1. The van der Waals surface area contributed by atoms with Crippen LogP contribution in [0.4, 0.5) is 5.69 Å². The topological polar surface area (TPSA) is 26.0 Å². The van der Waals surface area contributed by atoms with Gasteiger partial charge in [-0.25, -0.2) is 0 Å². The zero-order valence-corrected chi connectivity index (χ0v) is 22.7. The van der Waals surface area contributed by atoms with Crippen LogP contribution in [0.15, 0.2) is 72.8 Å². The molecule has 0 atom stereocenters. The molecule has 0 heterocycles. The third kappa shape index (κ3) is 4.60. The Morgan fingerprint density at radius 3 is 1.34 bits per heavy atom. The molecule has 0 aliphatic rings. The molecule has 176 valence electrons. The molecule has 0 saturated heterocycles. The molecule has 2 N–H and O–H groups in total. The Morgan fingerprint density at radius 1 is 0.543 bits per heavy atom. The van der Waals surface area contributed by atoms with Gasteiger partial charge in [0.15, 0.2) is 0 Å². The first kappa shape index (κ1) is 24.7. The fourth-order valence-corrected chi connectivity index (χ4v) is 10.9. The van der Waals surface area contributed by atoms with Gasteiger partial charge >= 0.3 is 0 Å². The van der Waals surface area contributed by atoms with Crippen molar-refractivity contribution < 1.29 is 0 Å². The molecule has 4 aromatic carbocycles. The second-order valence-electron chi connectivity index (χ2n) is 10.4. The third-order valence-electron chi connectivity index (χ3n) is 7.44. The highest BCUT2D eigenvalue weighted by atomic mass is 28.3. The number of hydrogen-bond donors (Lipinski definition) is 1. The molecule has 4 aromatic rings. The first-order valence-electron chi connectivity index (χ1n) is 12.6. The quantitative estimate of drug-likeness (QED) is 0.137. The molecule has 0 aromatic heterocycles. The van der Waals surface area contributed by atoms with Gasteiger partial charge in [-0.05, 0) is 62.4 Å². The van der Waals surface area contributed by atoms with Crippen LogP contribution >= 0.6 is 0 Å². The van der Waals surface area contributed by atoms with E-state index in [2.05, 4.69) is 113 Å². The molecule has 0 spiro atoms. The highest BCUT2D eigenvalue weighted by Gasteiger charge is 2.41. The first-order valence-corrected chi connectivity index (χ1v) is 14.8. The molecule has 2 heteroatoms. The van der Waals surface area contributed by atoms with Crippen molar-refractivity contribution >= 4 is 35.3 Å². The van der Waals surface area contributed by atoms with Crippen molar-refractivity contribution in [2.75, 3.05) is 5.73 Å². The van der Waals surface area contributed by atoms with Crippen molar-refractivity contribution in [3.8, 4) is 23.3 Å². The molecule has 0 amide bonds. The van der Waals surface area contributed by atoms with Gasteiger partial charge in [0.05, 0.1) is 0 Å². The van der Waals surface area contributed by atoms with E-state index in [9.17, 15) is 0 Å². The van der Waals surface area contributed by atoms with Crippen molar-refractivity contribution in [3.05, 3.63) is 89.5 Å². The van der Waals surface area contributed by atoms with E-state index in [4.69, 9.17) is 5.73 Å². The minimum Gasteiger partial charge on any atom is -0.399 e. The molecule has 0 aliphatic carbocycles. The Hall–Kier alpha value is -3.46. The van der Waals surface area contributed by atoms with Crippen LogP contribution in [-0.4, -0.2) is 8.07 Å². The normalized spacial score (nSPS) is 11.6. The molecule has 0 radical (unpaired) electrons. The zero-order valence-electron chi connectivity index (χ0n) is 21.7. The number of nitrogens with two attached hydrogens (primary N) is 1. The molecule has 1 nitrogen and oxygen atoms in total. The fraction of sp³-hybridized carbons (Fsp3) is 0.273. The third-order valence-corrected chi connectivity index (χ3v) is 13.7. The number of nitrogen functional groups attached to an aromatic ring is 1. The second-order valence-corrected chi connectivity index (χ2v) is 15.9. The van der Waals surface area contributed by atoms with E-state index in [1.165, 1.54) is 10.8 Å². The molecule has 4 rings (SSSR count). The summed E-state index contributed by atoms with van der Waals surface area (Å²) in [6, 6.07) is 24.9. The Balaban J connectivity index is 2.02. The predicted molar refractivity (Wildman–Crippen MR) is 156 cm³/mol. The summed E-state index contributed by atoms with van der Waals surface area (Å²) in [5, 5.41) is 4.67. The van der Waals surface area contributed by atoms with Gasteiger partial charge in [0, 0.05) is 22.4 Å². The average molecular weight is 474 g/mol. The van der Waals surface area contributed by atoms with Crippen molar-refractivity contribution in [2.45, 2.75) is 58.2 Å². The molecule has 0 bridgehead atoms. The van der Waals surface area contributed by atoms with Crippen LogP contribution in [0.2, 0.25) is 16.6 Å². The number of rotatable bonds is 3. The molecule has 0 aliphatic heterocycles. The lowest BCUT2D eigenvalue weighted by Gasteiger charge is -2.38. The van der Waals surface area contributed by atoms with Gasteiger partial charge in [-0.3, -0.25) is 0 Å².